The summed E-state index contributed by atoms with van der Waals surface area (Å²) in [4.78, 5) is 12.0. The topological polar surface area (TPSA) is 331 Å². The predicted octanol–water partition coefficient (Wildman–Crippen LogP) is -2.85. The van der Waals surface area contributed by atoms with Gasteiger partial charge in [-0.15, -0.1) is 4.33 Å². The molecule has 0 aromatic rings. The van der Waals surface area contributed by atoms with E-state index in [-0.39, 0.29) is 12.3 Å². The van der Waals surface area contributed by atoms with Crippen LogP contribution in [-0.2, 0) is 90.5 Å². The van der Waals surface area contributed by atoms with E-state index in [0.717, 1.165) is 21.3 Å². The third kappa shape index (κ3) is 11.4. The van der Waals surface area contributed by atoms with E-state index >= 15 is 0 Å². The second kappa shape index (κ2) is 16.0. The van der Waals surface area contributed by atoms with Gasteiger partial charge in [-0.2, -0.15) is 25.3 Å². The Labute approximate surface area is 247 Å². The second-order valence-corrected chi connectivity index (χ2v) is 11.7. The van der Waals surface area contributed by atoms with Gasteiger partial charge in [0.2, 0.25) is 0 Å². The maximum atomic E-state index is 12.0. The number of carbonyl (C=O) groups is 1. The molecular formula is C15H26O24S4. The van der Waals surface area contributed by atoms with Crippen LogP contribution in [0.1, 0.15) is 0 Å². The van der Waals surface area contributed by atoms with Crippen molar-refractivity contribution in [3.63, 3.8) is 0 Å². The van der Waals surface area contributed by atoms with Crippen LogP contribution in [0.5, 0.6) is 0 Å². The molecule has 0 spiro atoms. The highest BCUT2D eigenvalue weighted by atomic mass is 32.3. The minimum Gasteiger partial charge on any atom is -0.479 e. The van der Waals surface area contributed by atoms with Gasteiger partial charge in [0.25, 0.3) is 0 Å². The average Bonchev–Trinajstić information content (AvgIpc) is 2.87. The van der Waals surface area contributed by atoms with Crippen LogP contribution in [0.3, 0.4) is 0 Å². The minimum atomic E-state index is -5.58. The molecule has 0 aliphatic carbocycles. The molecule has 5 N–H and O–H groups in total. The van der Waals surface area contributed by atoms with Gasteiger partial charge < -0.3 is 33.5 Å². The van der Waals surface area contributed by atoms with Crippen molar-refractivity contribution >= 4 is 49.5 Å². The number of hydrogen-bond donors (Lipinski definition) is 5. The number of hydrogen-bond acceptors (Lipinski definition) is 21. The molecule has 4 unspecified atom stereocenters. The highest BCUT2D eigenvalue weighted by molar-refractivity contribution is 7.89. The van der Waals surface area contributed by atoms with E-state index in [4.69, 9.17) is 42.4 Å². The standard InChI is InChI=1S/C15H26O24S4/c1-28-7-8(35-40-39-38-18)10(13(16)17)34-15(11(7)29-2)33-6-5(4-31-41(19,20)21)32-14(30-3)12(37-43(25,26)27)9(6)36-42(22,23)24/h5-12,14-15,18H,4H2,1-3H3,(H,16,17)(H,19,20,21)(H,22,23,24)(H,25,26,27)/t5-,6+,7-,8-,9?,10?,11?,12?,14-,15+/m0/s1. The lowest BCUT2D eigenvalue weighted by molar-refractivity contribution is -0.435. The Bertz CT molecular complexity index is 1220. The molecule has 10 atom stereocenters. The molecule has 0 radical (unpaired) electrons. The third-order valence-corrected chi connectivity index (χ3v) is 7.23. The van der Waals surface area contributed by atoms with E-state index in [2.05, 4.69) is 21.9 Å². The predicted molar refractivity (Wildman–Crippen MR) is 126 cm³/mol. The fourth-order valence-electron chi connectivity index (χ4n) is 3.98. The van der Waals surface area contributed by atoms with Crippen molar-refractivity contribution in [2.24, 2.45) is 0 Å². The molecule has 2 aliphatic rings. The van der Waals surface area contributed by atoms with E-state index in [1.54, 1.807) is 0 Å². The van der Waals surface area contributed by atoms with E-state index in [1.807, 2.05) is 0 Å². The number of aliphatic carboxylic acids is 1. The van der Waals surface area contributed by atoms with Crippen molar-refractivity contribution in [3.05, 3.63) is 0 Å². The molecule has 2 saturated heterocycles. The fourth-order valence-corrected chi connectivity index (χ4v) is 5.63. The normalized spacial score (nSPS) is 34.2. The molecule has 0 saturated carbocycles. The van der Waals surface area contributed by atoms with E-state index in [1.165, 1.54) is 0 Å². The van der Waals surface area contributed by atoms with Crippen LogP contribution >= 0.6 is 12.3 Å². The summed E-state index contributed by atoms with van der Waals surface area (Å²) < 4.78 is 151. The summed E-state index contributed by atoms with van der Waals surface area (Å²) in [6.07, 6.45) is -19.8. The van der Waals surface area contributed by atoms with Gasteiger partial charge in [-0.05, 0) is 0 Å². The molecule has 0 aromatic heterocycles. The summed E-state index contributed by atoms with van der Waals surface area (Å²) in [5, 5.41) is 21.4. The van der Waals surface area contributed by atoms with Crippen LogP contribution in [0.4, 0.5) is 0 Å². The number of carboxylic acids is 1. The Morgan fingerprint density at radius 2 is 1.33 bits per heavy atom. The molecule has 2 rings (SSSR count). The molecule has 28 heteroatoms. The van der Waals surface area contributed by atoms with Crippen molar-refractivity contribution in [1.82, 2.24) is 0 Å². The zero-order valence-corrected chi connectivity index (χ0v) is 24.9. The molecular weight excluding hydrogens is 692 g/mol. The lowest BCUT2D eigenvalue weighted by Gasteiger charge is -2.47. The Morgan fingerprint density at radius 1 is 0.744 bits per heavy atom. The highest BCUT2D eigenvalue weighted by Gasteiger charge is 2.57. The lowest BCUT2D eigenvalue weighted by atomic mass is 9.96. The largest absolute Gasteiger partial charge is 0.479 e. The quantitative estimate of drug-likeness (QED) is 0.0332. The summed E-state index contributed by atoms with van der Waals surface area (Å²) in [5.41, 5.74) is 0. The summed E-state index contributed by atoms with van der Waals surface area (Å²) in [6, 6.07) is 0. The molecule has 254 valence electrons. The van der Waals surface area contributed by atoms with E-state index in [0.29, 0.717) is 0 Å². The Morgan fingerprint density at radius 3 is 1.79 bits per heavy atom. The van der Waals surface area contributed by atoms with Gasteiger partial charge in [0.1, 0.15) is 36.6 Å². The van der Waals surface area contributed by atoms with Crippen molar-refractivity contribution in [2.75, 3.05) is 27.9 Å². The zero-order valence-electron chi connectivity index (χ0n) is 21.6. The third-order valence-electron chi connectivity index (χ3n) is 5.45. The van der Waals surface area contributed by atoms with Gasteiger partial charge in [0.15, 0.2) is 37.1 Å². The van der Waals surface area contributed by atoms with Gasteiger partial charge in [-0.25, -0.2) is 22.6 Å². The lowest BCUT2D eigenvalue weighted by Crippen LogP contribution is -2.66. The first-order valence-electron chi connectivity index (χ1n) is 10.9. The minimum absolute atomic E-state index is 0.0607. The smallest absolute Gasteiger partial charge is 0.397 e. The first kappa shape index (κ1) is 38.2. The van der Waals surface area contributed by atoms with Crippen molar-refractivity contribution in [2.45, 2.75) is 61.4 Å². The van der Waals surface area contributed by atoms with Crippen LogP contribution in [-0.4, -0.2) is 145 Å². The van der Waals surface area contributed by atoms with Crippen molar-refractivity contribution in [1.29, 1.82) is 0 Å². The summed E-state index contributed by atoms with van der Waals surface area (Å²) in [5.74, 6) is -1.73. The summed E-state index contributed by atoms with van der Waals surface area (Å²) in [6.45, 7) is -1.26. The summed E-state index contributed by atoms with van der Waals surface area (Å²) >= 11 is -0.0607. The number of ether oxygens (including phenoxy) is 6. The van der Waals surface area contributed by atoms with E-state index in [9.17, 15) is 44.3 Å². The van der Waals surface area contributed by atoms with Crippen molar-refractivity contribution in [3.8, 4) is 0 Å². The van der Waals surface area contributed by atoms with Gasteiger partial charge in [-0.1, -0.05) is 5.04 Å². The van der Waals surface area contributed by atoms with Crippen LogP contribution in [0.15, 0.2) is 0 Å². The maximum absolute atomic E-state index is 12.0. The van der Waals surface area contributed by atoms with Gasteiger partial charge in [-0.3, -0.25) is 17.8 Å². The first-order chi connectivity index (χ1) is 19.9. The molecule has 0 amide bonds. The van der Waals surface area contributed by atoms with Crippen molar-refractivity contribution < 1.29 is 109 Å². The van der Waals surface area contributed by atoms with Crippen LogP contribution in [0.25, 0.3) is 0 Å². The Balaban J connectivity index is 2.62. The highest BCUT2D eigenvalue weighted by Crippen LogP contribution is 2.36. The Kier molecular flexibility index (Phi) is 14.3. The summed E-state index contributed by atoms with van der Waals surface area (Å²) in [7, 11) is -13.4. The number of carboxylic acid groups (broad SMARTS) is 1. The average molecular weight is 719 g/mol. The van der Waals surface area contributed by atoms with Crippen LogP contribution in [0, 0.1) is 0 Å². The van der Waals surface area contributed by atoms with Gasteiger partial charge >= 0.3 is 37.2 Å². The molecule has 2 aliphatic heterocycles. The molecule has 0 aromatic carbocycles. The van der Waals surface area contributed by atoms with Crippen LogP contribution in [0.2, 0.25) is 0 Å². The molecule has 2 heterocycles. The van der Waals surface area contributed by atoms with Crippen LogP contribution < -0.4 is 0 Å². The number of rotatable bonds is 17. The van der Waals surface area contributed by atoms with Gasteiger partial charge in [0, 0.05) is 21.3 Å². The van der Waals surface area contributed by atoms with E-state index < -0.39 is 105 Å². The zero-order chi connectivity index (χ0) is 32.8. The molecule has 24 nitrogen and oxygen atoms in total. The first-order valence-corrected chi connectivity index (χ1v) is 15.6. The fraction of sp³-hybridized carbons (Fsp3) is 0.933. The number of methoxy groups -OCH3 is 3. The second-order valence-electron chi connectivity index (χ2n) is 8.00. The maximum Gasteiger partial charge on any atom is 0.397 e. The monoisotopic (exact) mass is 718 g/mol. The SMILES string of the molecule is COC1[C@H](O[C@H]2C(OS(=O)(=O)O)C(OS(=O)(=O)O)[C@@H](OC)O[C@H]2COS(=O)(=O)O)OC(C(=O)O)[C@@H](OSOOO)[C@@H]1OC. The van der Waals surface area contributed by atoms with Gasteiger partial charge in [0.05, 0.1) is 6.61 Å². The molecule has 2 fully saturated rings. The Hall–Kier alpha value is -0.970. The molecule has 43 heavy (non-hydrogen) atoms. The molecule has 0 bridgehead atoms.